The molecule has 0 aliphatic heterocycles. The van der Waals surface area contributed by atoms with Crippen LogP contribution in [0.25, 0.3) is 16.9 Å². The molecule has 6 N–H and O–H groups in total. The number of halogens is 3. The van der Waals surface area contributed by atoms with E-state index in [9.17, 15) is 0 Å². The lowest BCUT2D eigenvalue weighted by Gasteiger charge is -2.08. The number of imidazole rings is 1. The predicted octanol–water partition coefficient (Wildman–Crippen LogP) is 5.06. The van der Waals surface area contributed by atoms with Gasteiger partial charge in [0.15, 0.2) is 5.16 Å². The number of thioether (sulfide) groups is 1. The molecule has 4 aromatic rings. The third-order valence-corrected chi connectivity index (χ3v) is 5.76. The molecule has 0 aliphatic rings. The van der Waals surface area contributed by atoms with Crippen LogP contribution in [0, 0.1) is 10.8 Å². The second-order valence-corrected chi connectivity index (χ2v) is 7.82. The molecule has 11 heteroatoms. The highest BCUT2D eigenvalue weighted by atomic mass is 35.5. The first-order chi connectivity index (χ1) is 15.0. The minimum atomic E-state index is 0. The van der Waals surface area contributed by atoms with Crippen molar-refractivity contribution < 1.29 is 0 Å². The van der Waals surface area contributed by atoms with Crippen molar-refractivity contribution in [3.05, 3.63) is 95.9 Å². The Morgan fingerprint density at radius 2 is 1.32 bits per heavy atom. The summed E-state index contributed by atoms with van der Waals surface area (Å²) in [5.74, 6) is 0.834. The van der Waals surface area contributed by atoms with E-state index in [2.05, 4.69) is 4.98 Å². The molecule has 0 saturated carbocycles. The second-order valence-electron chi connectivity index (χ2n) is 6.87. The summed E-state index contributed by atoms with van der Waals surface area (Å²) in [7, 11) is 0. The highest BCUT2D eigenvalue weighted by molar-refractivity contribution is 7.98. The van der Waals surface area contributed by atoms with Gasteiger partial charge in [-0.25, -0.2) is 4.98 Å². The van der Waals surface area contributed by atoms with E-state index in [1.165, 1.54) is 0 Å². The Labute approximate surface area is 220 Å². The predicted molar refractivity (Wildman–Crippen MR) is 147 cm³/mol. The molecule has 0 saturated heterocycles. The first kappa shape index (κ1) is 29.0. The fourth-order valence-corrected chi connectivity index (χ4v) is 3.99. The zero-order chi connectivity index (χ0) is 21.8. The summed E-state index contributed by atoms with van der Waals surface area (Å²) >= 11 is 1.63. The highest BCUT2D eigenvalue weighted by Gasteiger charge is 2.13. The lowest BCUT2D eigenvalue weighted by atomic mass is 10.1. The number of nitrogens with two attached hydrogens (primary N) is 2. The van der Waals surface area contributed by atoms with Crippen LogP contribution in [0.5, 0.6) is 0 Å². The van der Waals surface area contributed by atoms with Gasteiger partial charge in [-0.05, 0) is 42.0 Å². The van der Waals surface area contributed by atoms with Crippen LogP contribution in [0.2, 0.25) is 0 Å². The topological polar surface area (TPSA) is 130 Å². The molecular formula is C23H24Cl3N7S. The van der Waals surface area contributed by atoms with Gasteiger partial charge >= 0.3 is 0 Å². The molecule has 2 heterocycles. The van der Waals surface area contributed by atoms with Crippen molar-refractivity contribution in [2.45, 2.75) is 10.9 Å². The Hall–Kier alpha value is -3.04. The molecule has 2 aromatic carbocycles. The molecule has 2 aromatic heterocycles. The number of nitrogens with zero attached hydrogens (tertiary/aromatic N) is 3. The van der Waals surface area contributed by atoms with Gasteiger partial charge in [0.05, 0.1) is 5.69 Å². The van der Waals surface area contributed by atoms with Crippen molar-refractivity contribution in [2.75, 3.05) is 0 Å². The summed E-state index contributed by atoms with van der Waals surface area (Å²) in [6, 6.07) is 19.0. The summed E-state index contributed by atoms with van der Waals surface area (Å²) in [6.07, 6.45) is 5.55. The Kier molecular flexibility index (Phi) is 11.1. The van der Waals surface area contributed by atoms with E-state index in [1.807, 2.05) is 71.4 Å². The van der Waals surface area contributed by atoms with Gasteiger partial charge in [-0.3, -0.25) is 20.4 Å². The summed E-state index contributed by atoms with van der Waals surface area (Å²) in [5, 5.41) is 16.0. The SMILES string of the molecule is Cl.Cl.Cl.N=C(N)c1ccc(-c2cn(-c3ccc(C(=N)N)cc3)c(SCc3ccncc3)n2)cc1. The zero-order valence-corrected chi connectivity index (χ0v) is 21.1. The van der Waals surface area contributed by atoms with Gasteiger partial charge in [0, 0.05) is 46.7 Å². The molecule has 0 bridgehead atoms. The van der Waals surface area contributed by atoms with Gasteiger partial charge in [0.1, 0.15) is 11.7 Å². The molecule has 0 unspecified atom stereocenters. The Morgan fingerprint density at radius 3 is 1.85 bits per heavy atom. The van der Waals surface area contributed by atoms with Crippen molar-refractivity contribution in [3.63, 3.8) is 0 Å². The number of benzene rings is 2. The lowest BCUT2D eigenvalue weighted by Crippen LogP contribution is -2.10. The fourth-order valence-electron chi connectivity index (χ4n) is 3.04. The van der Waals surface area contributed by atoms with E-state index in [-0.39, 0.29) is 48.9 Å². The molecular weight excluding hydrogens is 513 g/mol. The van der Waals surface area contributed by atoms with Crippen molar-refractivity contribution in [1.29, 1.82) is 10.8 Å². The van der Waals surface area contributed by atoms with E-state index in [4.69, 9.17) is 27.3 Å². The molecule has 7 nitrogen and oxygen atoms in total. The zero-order valence-electron chi connectivity index (χ0n) is 17.8. The van der Waals surface area contributed by atoms with E-state index in [0.717, 1.165) is 33.4 Å². The van der Waals surface area contributed by atoms with Crippen molar-refractivity contribution >= 4 is 60.7 Å². The second kappa shape index (κ2) is 13.0. The summed E-state index contributed by atoms with van der Waals surface area (Å²) in [6.45, 7) is 0. The fraction of sp³-hybridized carbons (Fsp3) is 0.0435. The van der Waals surface area contributed by atoms with Crippen molar-refractivity contribution in [3.8, 4) is 16.9 Å². The third-order valence-electron chi connectivity index (χ3n) is 4.74. The van der Waals surface area contributed by atoms with Crippen LogP contribution in [0.3, 0.4) is 0 Å². The molecule has 0 aliphatic carbocycles. The molecule has 178 valence electrons. The summed E-state index contributed by atoms with van der Waals surface area (Å²) < 4.78 is 2.03. The number of rotatable bonds is 7. The Balaban J connectivity index is 0.00000193. The van der Waals surface area contributed by atoms with E-state index < -0.39 is 0 Å². The number of aromatic nitrogens is 3. The minimum absolute atomic E-state index is 0. The van der Waals surface area contributed by atoms with Crippen LogP contribution in [-0.2, 0) is 5.75 Å². The van der Waals surface area contributed by atoms with Crippen LogP contribution in [-0.4, -0.2) is 26.2 Å². The van der Waals surface area contributed by atoms with Gasteiger partial charge in [-0.15, -0.1) is 37.2 Å². The summed E-state index contributed by atoms with van der Waals surface area (Å²) in [4.78, 5) is 8.93. The molecule has 0 amide bonds. The summed E-state index contributed by atoms with van der Waals surface area (Å²) in [5.41, 5.74) is 16.4. The Bertz CT molecular complexity index is 1230. The standard InChI is InChI=1S/C23H21N7S.3ClH/c24-21(25)17-3-1-16(2-4-17)20-13-30(19-7-5-18(6-8-19)22(26)27)23(29-20)31-14-15-9-11-28-12-10-15;;;/h1-13H,14H2,(H3,24,25)(H3,26,27);3*1H. The van der Waals surface area contributed by atoms with Gasteiger partial charge in [-0.2, -0.15) is 0 Å². The molecule has 34 heavy (non-hydrogen) atoms. The van der Waals surface area contributed by atoms with Gasteiger partial charge < -0.3 is 11.5 Å². The van der Waals surface area contributed by atoms with E-state index in [1.54, 1.807) is 24.2 Å². The van der Waals surface area contributed by atoms with Crippen LogP contribution in [0.1, 0.15) is 16.7 Å². The molecule has 4 rings (SSSR count). The number of nitrogens with one attached hydrogen (secondary N) is 2. The number of nitrogen functional groups attached to an aromatic ring is 2. The number of hydrogen-bond acceptors (Lipinski definition) is 5. The molecule has 0 spiro atoms. The number of hydrogen-bond donors (Lipinski definition) is 4. The van der Waals surface area contributed by atoms with Crippen LogP contribution < -0.4 is 11.5 Å². The minimum Gasteiger partial charge on any atom is -0.384 e. The maximum absolute atomic E-state index is 7.60. The third kappa shape index (κ3) is 6.74. The van der Waals surface area contributed by atoms with Gasteiger partial charge in [-0.1, -0.05) is 36.0 Å². The normalized spacial score (nSPS) is 9.76. The smallest absolute Gasteiger partial charge is 0.173 e. The molecule has 0 fully saturated rings. The number of pyridine rings is 1. The number of amidine groups is 2. The maximum Gasteiger partial charge on any atom is 0.173 e. The largest absolute Gasteiger partial charge is 0.384 e. The van der Waals surface area contributed by atoms with Gasteiger partial charge in [0.25, 0.3) is 0 Å². The highest BCUT2D eigenvalue weighted by Crippen LogP contribution is 2.29. The first-order valence-corrected chi connectivity index (χ1v) is 10.5. The first-order valence-electron chi connectivity index (χ1n) is 9.52. The maximum atomic E-state index is 7.60. The average molecular weight is 537 g/mol. The van der Waals surface area contributed by atoms with Crippen molar-refractivity contribution in [1.82, 2.24) is 14.5 Å². The van der Waals surface area contributed by atoms with Crippen LogP contribution in [0.4, 0.5) is 0 Å². The van der Waals surface area contributed by atoms with Gasteiger partial charge in [0.2, 0.25) is 0 Å². The molecule has 0 radical (unpaired) electrons. The van der Waals surface area contributed by atoms with Crippen LogP contribution >= 0.6 is 49.0 Å². The van der Waals surface area contributed by atoms with E-state index >= 15 is 0 Å². The van der Waals surface area contributed by atoms with Crippen LogP contribution in [0.15, 0.2) is 84.4 Å². The average Bonchev–Trinajstić information content (AvgIpc) is 3.23. The Morgan fingerprint density at radius 1 is 0.794 bits per heavy atom. The quantitative estimate of drug-likeness (QED) is 0.149. The van der Waals surface area contributed by atoms with Crippen molar-refractivity contribution in [2.24, 2.45) is 11.5 Å². The molecule has 0 atom stereocenters. The van der Waals surface area contributed by atoms with E-state index in [0.29, 0.717) is 11.1 Å². The monoisotopic (exact) mass is 535 g/mol. The lowest BCUT2D eigenvalue weighted by molar-refractivity contribution is 0.895.